The zero-order valence-corrected chi connectivity index (χ0v) is 26.8. The highest BCUT2D eigenvalue weighted by Gasteiger charge is 2.22. The number of nitrogens with zero attached hydrogens (tertiary/aromatic N) is 7. The molecule has 3 saturated heterocycles. The van der Waals surface area contributed by atoms with Crippen LogP contribution in [0.2, 0.25) is 0 Å². The summed E-state index contributed by atoms with van der Waals surface area (Å²) in [4.78, 5) is 24.7. The summed E-state index contributed by atoms with van der Waals surface area (Å²) in [5, 5.41) is 3.21. The van der Waals surface area contributed by atoms with E-state index in [-0.39, 0.29) is 0 Å². The van der Waals surface area contributed by atoms with Gasteiger partial charge in [0.15, 0.2) is 0 Å². The molecule has 1 aliphatic carbocycles. The Morgan fingerprint density at radius 1 is 0.667 bits per heavy atom. The Labute approximate surface area is 268 Å². The maximum atomic E-state index is 5.77. The van der Waals surface area contributed by atoms with Gasteiger partial charge in [0.05, 0.1) is 12.8 Å². The number of pyridine rings is 1. The first kappa shape index (κ1) is 32.6. The molecule has 0 spiro atoms. The van der Waals surface area contributed by atoms with Crippen LogP contribution in [-0.2, 0) is 0 Å². The van der Waals surface area contributed by atoms with E-state index in [2.05, 4.69) is 96.7 Å². The van der Waals surface area contributed by atoms with E-state index in [0.29, 0.717) is 17.8 Å². The highest BCUT2D eigenvalue weighted by molar-refractivity contribution is 5.50. The molecule has 0 amide bonds. The quantitative estimate of drug-likeness (QED) is 0.361. The number of hydrogen-bond donors (Lipinski definition) is 1. The Morgan fingerprint density at radius 2 is 1.22 bits per heavy atom. The molecule has 45 heavy (non-hydrogen) atoms. The third-order valence-corrected chi connectivity index (χ3v) is 8.43. The molecule has 3 aromatic heterocycles. The number of rotatable bonds is 9. The molecule has 0 bridgehead atoms. The predicted octanol–water partition coefficient (Wildman–Crippen LogP) is 4.99. The van der Waals surface area contributed by atoms with E-state index >= 15 is 0 Å². The molecular formula is C36H48N8O. The van der Waals surface area contributed by atoms with Gasteiger partial charge in [-0.2, -0.15) is 0 Å². The Hall–Kier alpha value is -3.79. The van der Waals surface area contributed by atoms with Gasteiger partial charge in [0.1, 0.15) is 18.4 Å². The summed E-state index contributed by atoms with van der Waals surface area (Å²) in [6, 6.07) is 2.10. The third kappa shape index (κ3) is 12.3. The molecule has 1 saturated carbocycles. The normalized spacial score (nSPS) is 19.9. The summed E-state index contributed by atoms with van der Waals surface area (Å²) in [5.74, 6) is 3.81. The van der Waals surface area contributed by atoms with Crippen LogP contribution >= 0.6 is 0 Å². The minimum absolute atomic E-state index is 0.699. The van der Waals surface area contributed by atoms with Gasteiger partial charge in [-0.1, -0.05) is 36.5 Å². The van der Waals surface area contributed by atoms with Crippen LogP contribution in [0.1, 0.15) is 42.4 Å². The number of hydrogen-bond acceptors (Lipinski definition) is 9. The van der Waals surface area contributed by atoms with Gasteiger partial charge in [0, 0.05) is 80.1 Å². The van der Waals surface area contributed by atoms with E-state index in [1.54, 1.807) is 12.7 Å². The zero-order chi connectivity index (χ0) is 31.1. The third-order valence-electron chi connectivity index (χ3n) is 8.43. The number of piperidine rings is 1. The van der Waals surface area contributed by atoms with Gasteiger partial charge in [-0.25, -0.2) is 19.9 Å². The van der Waals surface area contributed by atoms with Crippen molar-refractivity contribution in [1.29, 1.82) is 0 Å². The zero-order valence-electron chi connectivity index (χ0n) is 26.8. The largest absolute Gasteiger partial charge is 0.492 e. The second kappa shape index (κ2) is 17.6. The molecule has 3 aliphatic heterocycles. The summed E-state index contributed by atoms with van der Waals surface area (Å²) in [6.07, 6.45) is 32.4. The average Bonchev–Trinajstić information content (AvgIpc) is 3.87. The SMILES string of the molecule is C(=C\C1CNC1)/c1cncnc1.CN1CC(/C=C/c2cncnc2)C1.CN1CCC(/C=C/c2cncc(OCC3CC3)c2)CC1. The lowest BCUT2D eigenvalue weighted by atomic mass is 9.96. The molecule has 1 N–H and O–H groups in total. The Balaban J connectivity index is 0.000000140. The molecule has 0 radical (unpaired) electrons. The van der Waals surface area contributed by atoms with E-state index < -0.39 is 0 Å². The van der Waals surface area contributed by atoms with Crippen LogP contribution in [0.25, 0.3) is 18.2 Å². The van der Waals surface area contributed by atoms with E-state index in [0.717, 1.165) is 48.1 Å². The van der Waals surface area contributed by atoms with Crippen molar-refractivity contribution >= 4 is 18.2 Å². The minimum atomic E-state index is 0.699. The fourth-order valence-corrected chi connectivity index (χ4v) is 5.18. The lowest BCUT2D eigenvalue weighted by molar-refractivity contribution is 0.170. The van der Waals surface area contributed by atoms with Crippen LogP contribution in [0.4, 0.5) is 0 Å². The van der Waals surface area contributed by atoms with Crippen molar-refractivity contribution in [3.05, 3.63) is 90.8 Å². The first-order valence-corrected chi connectivity index (χ1v) is 16.3. The molecular weight excluding hydrogens is 560 g/mol. The van der Waals surface area contributed by atoms with Crippen molar-refractivity contribution in [3.63, 3.8) is 0 Å². The number of ether oxygens (including phenoxy) is 1. The van der Waals surface area contributed by atoms with Crippen molar-refractivity contribution < 1.29 is 4.74 Å². The predicted molar refractivity (Wildman–Crippen MR) is 181 cm³/mol. The van der Waals surface area contributed by atoms with Gasteiger partial charge in [-0.3, -0.25) is 4.98 Å². The maximum Gasteiger partial charge on any atom is 0.138 e. The molecule has 3 aromatic rings. The second-order valence-electron chi connectivity index (χ2n) is 12.7. The Morgan fingerprint density at radius 3 is 1.78 bits per heavy atom. The molecule has 7 rings (SSSR count). The highest BCUT2D eigenvalue weighted by Crippen LogP contribution is 2.29. The van der Waals surface area contributed by atoms with Gasteiger partial charge in [-0.15, -0.1) is 0 Å². The second-order valence-corrected chi connectivity index (χ2v) is 12.7. The summed E-state index contributed by atoms with van der Waals surface area (Å²) in [5.41, 5.74) is 3.30. The van der Waals surface area contributed by atoms with Crippen molar-refractivity contribution in [2.45, 2.75) is 25.7 Å². The molecule has 9 heteroatoms. The standard InChI is InChI=1S/C17H24N2O.C10H13N3.C9H11N3/c1-19-8-6-14(7-9-19)2-5-16-10-17(12-18-11-16)20-13-15-3-4-15;1-13-6-10(7-13)3-2-9-4-11-8-12-5-9;1(8-3-10-4-8)2-9-5-11-7-12-6-9/h2,5,10-12,14-15H,3-4,6-9,13H2,1H3;2-5,8,10H,6-7H2,1H3;1-2,5-8,10H,3-4H2/b5-2+;3-2+;2-1+. The molecule has 9 nitrogen and oxygen atoms in total. The van der Waals surface area contributed by atoms with Gasteiger partial charge in [0.25, 0.3) is 0 Å². The summed E-state index contributed by atoms with van der Waals surface area (Å²) >= 11 is 0. The van der Waals surface area contributed by atoms with Crippen molar-refractivity contribution in [2.24, 2.45) is 23.7 Å². The van der Waals surface area contributed by atoms with Crippen LogP contribution in [0, 0.1) is 23.7 Å². The van der Waals surface area contributed by atoms with Gasteiger partial charge >= 0.3 is 0 Å². The fourth-order valence-electron chi connectivity index (χ4n) is 5.18. The number of nitrogens with one attached hydrogen (secondary N) is 1. The smallest absolute Gasteiger partial charge is 0.138 e. The van der Waals surface area contributed by atoms with Gasteiger partial charge in [0.2, 0.25) is 0 Å². The molecule has 0 unspecified atom stereocenters. The fraction of sp³-hybridized carbons (Fsp3) is 0.472. The Kier molecular flexibility index (Phi) is 12.8. The van der Waals surface area contributed by atoms with Crippen molar-refractivity contribution in [1.82, 2.24) is 40.0 Å². The molecule has 0 atom stereocenters. The summed E-state index contributed by atoms with van der Waals surface area (Å²) in [6.45, 7) is 7.81. The van der Waals surface area contributed by atoms with Crippen LogP contribution in [0.15, 0.2) is 74.1 Å². The van der Waals surface area contributed by atoms with E-state index in [1.165, 1.54) is 51.9 Å². The van der Waals surface area contributed by atoms with Crippen molar-refractivity contribution in [2.75, 3.05) is 60.0 Å². The van der Waals surface area contributed by atoms with E-state index in [9.17, 15) is 0 Å². The lowest BCUT2D eigenvalue weighted by Gasteiger charge is -2.34. The highest BCUT2D eigenvalue weighted by atomic mass is 16.5. The molecule has 0 aromatic carbocycles. The summed E-state index contributed by atoms with van der Waals surface area (Å²) in [7, 11) is 4.33. The number of likely N-dealkylation sites (tertiary alicyclic amines) is 2. The average molecular weight is 609 g/mol. The minimum Gasteiger partial charge on any atom is -0.492 e. The molecule has 4 aliphatic rings. The summed E-state index contributed by atoms with van der Waals surface area (Å²) < 4.78 is 5.77. The monoisotopic (exact) mass is 608 g/mol. The Bertz CT molecular complexity index is 1340. The molecule has 6 heterocycles. The maximum absolute atomic E-state index is 5.77. The van der Waals surface area contributed by atoms with E-state index in [1.807, 2.05) is 37.2 Å². The van der Waals surface area contributed by atoms with Crippen molar-refractivity contribution in [3.8, 4) is 5.75 Å². The van der Waals surface area contributed by atoms with Gasteiger partial charge in [-0.05, 0) is 76.3 Å². The van der Waals surface area contributed by atoms with Crippen LogP contribution in [0.5, 0.6) is 5.75 Å². The van der Waals surface area contributed by atoms with Crippen LogP contribution < -0.4 is 10.1 Å². The molecule has 4 fully saturated rings. The van der Waals surface area contributed by atoms with Crippen LogP contribution in [-0.4, -0.2) is 94.7 Å². The first-order chi connectivity index (χ1) is 22.1. The molecule has 238 valence electrons. The number of aromatic nitrogens is 5. The number of allylic oxidation sites excluding steroid dienone is 1. The van der Waals surface area contributed by atoms with Gasteiger partial charge < -0.3 is 19.9 Å². The lowest BCUT2D eigenvalue weighted by Crippen LogP contribution is -2.42. The topological polar surface area (TPSA) is 92.2 Å². The van der Waals surface area contributed by atoms with Crippen LogP contribution in [0.3, 0.4) is 0 Å². The first-order valence-electron chi connectivity index (χ1n) is 16.3. The van der Waals surface area contributed by atoms with E-state index in [4.69, 9.17) is 4.74 Å².